The molecule has 0 atom stereocenters. The van der Waals surface area contributed by atoms with Crippen LogP contribution in [0.3, 0.4) is 0 Å². The van der Waals surface area contributed by atoms with E-state index in [2.05, 4.69) is 20.6 Å². The Morgan fingerprint density at radius 3 is 1.88 bits per heavy atom. The van der Waals surface area contributed by atoms with Crippen LogP contribution < -0.4 is 15.4 Å². The number of nitrogens with zero attached hydrogens (tertiary/aromatic N) is 4. The molecule has 0 fully saturated rings. The van der Waals surface area contributed by atoms with Crippen LogP contribution in [0.1, 0.15) is 0 Å². The third-order valence-electron chi connectivity index (χ3n) is 5.09. The maximum absolute atomic E-state index is 12.5. The van der Waals surface area contributed by atoms with Crippen molar-refractivity contribution in [1.29, 1.82) is 0 Å². The summed E-state index contributed by atoms with van der Waals surface area (Å²) >= 11 is 0. The van der Waals surface area contributed by atoms with Gasteiger partial charge in [-0.05, 0) is 66.7 Å². The highest BCUT2D eigenvalue weighted by Crippen LogP contribution is 2.29. The van der Waals surface area contributed by atoms with Gasteiger partial charge in [-0.3, -0.25) is 9.97 Å². The molecule has 0 radical (unpaired) electrons. The molecule has 0 unspecified atom stereocenters. The molecule has 0 saturated heterocycles. The summed E-state index contributed by atoms with van der Waals surface area (Å²) in [6, 6.07) is 23.4. The molecule has 5 aromatic rings. The van der Waals surface area contributed by atoms with Crippen molar-refractivity contribution < 1.29 is 9.53 Å². The fourth-order valence-corrected chi connectivity index (χ4v) is 3.46. The quantitative estimate of drug-likeness (QED) is 0.373. The second-order valence-corrected chi connectivity index (χ2v) is 7.36. The summed E-state index contributed by atoms with van der Waals surface area (Å²) in [5.41, 5.74) is 5.20. The van der Waals surface area contributed by atoms with Crippen LogP contribution >= 0.6 is 0 Å². The van der Waals surface area contributed by atoms with Crippen LogP contribution in [0.25, 0.3) is 33.8 Å². The largest absolute Gasteiger partial charge is 0.497 e. The summed E-state index contributed by atoms with van der Waals surface area (Å²) in [4.78, 5) is 31.1. The first-order valence-electron chi connectivity index (χ1n) is 10.6. The average Bonchev–Trinajstić information content (AvgIpc) is 2.89. The van der Waals surface area contributed by atoms with E-state index in [0.29, 0.717) is 50.9 Å². The molecular formula is C26H20N6O2. The lowest BCUT2D eigenvalue weighted by atomic mass is 10.1. The van der Waals surface area contributed by atoms with Gasteiger partial charge in [-0.2, -0.15) is 0 Å². The molecule has 8 nitrogen and oxygen atoms in total. The molecule has 166 valence electrons. The first kappa shape index (κ1) is 21.0. The molecule has 5 rings (SSSR count). The van der Waals surface area contributed by atoms with E-state index < -0.39 is 0 Å². The maximum Gasteiger partial charge on any atom is 0.323 e. The number of nitrogens with one attached hydrogen (secondary N) is 2. The average molecular weight is 448 g/mol. The van der Waals surface area contributed by atoms with Crippen molar-refractivity contribution in [3.63, 3.8) is 0 Å². The SMILES string of the molecule is COc1ccc(NC(=O)Nc2ccc3nc(-c4ccccn4)c(-c4ccccn4)nc3c2)cc1. The topological polar surface area (TPSA) is 102 Å². The van der Waals surface area contributed by atoms with Gasteiger partial charge in [0.05, 0.1) is 29.5 Å². The molecule has 0 bridgehead atoms. The van der Waals surface area contributed by atoms with Gasteiger partial charge in [0.2, 0.25) is 0 Å². The molecule has 0 aliphatic rings. The summed E-state index contributed by atoms with van der Waals surface area (Å²) in [5, 5.41) is 5.64. The van der Waals surface area contributed by atoms with Crippen molar-refractivity contribution >= 4 is 28.4 Å². The molecule has 0 aliphatic heterocycles. The Morgan fingerprint density at radius 2 is 1.29 bits per heavy atom. The lowest BCUT2D eigenvalue weighted by Gasteiger charge is -2.11. The number of rotatable bonds is 5. The van der Waals surface area contributed by atoms with Gasteiger partial charge in [-0.1, -0.05) is 12.1 Å². The highest BCUT2D eigenvalue weighted by atomic mass is 16.5. The molecule has 0 saturated carbocycles. The van der Waals surface area contributed by atoms with Crippen LogP contribution in [0.2, 0.25) is 0 Å². The fraction of sp³-hybridized carbons (Fsp3) is 0.0385. The molecule has 3 heterocycles. The minimum Gasteiger partial charge on any atom is -0.497 e. The zero-order valence-electron chi connectivity index (χ0n) is 18.3. The van der Waals surface area contributed by atoms with Crippen LogP contribution in [-0.4, -0.2) is 33.1 Å². The molecule has 8 heteroatoms. The van der Waals surface area contributed by atoms with Crippen molar-refractivity contribution in [2.24, 2.45) is 0 Å². The monoisotopic (exact) mass is 448 g/mol. The van der Waals surface area contributed by atoms with Gasteiger partial charge in [0, 0.05) is 23.8 Å². The van der Waals surface area contributed by atoms with Gasteiger partial charge in [-0.15, -0.1) is 0 Å². The minimum atomic E-state index is -0.368. The van der Waals surface area contributed by atoms with Crippen LogP contribution in [0.4, 0.5) is 16.2 Å². The Morgan fingerprint density at radius 1 is 0.706 bits per heavy atom. The molecule has 0 spiro atoms. The van der Waals surface area contributed by atoms with E-state index in [4.69, 9.17) is 14.7 Å². The summed E-state index contributed by atoms with van der Waals surface area (Å²) in [7, 11) is 1.59. The Bertz CT molecular complexity index is 1440. The minimum absolute atomic E-state index is 0.368. The van der Waals surface area contributed by atoms with Crippen molar-refractivity contribution in [1.82, 2.24) is 19.9 Å². The first-order chi connectivity index (χ1) is 16.7. The molecular weight excluding hydrogens is 428 g/mol. The number of ether oxygens (including phenoxy) is 1. The Balaban J connectivity index is 1.47. The second kappa shape index (κ2) is 9.33. The molecule has 2 aromatic carbocycles. The zero-order chi connectivity index (χ0) is 23.3. The van der Waals surface area contributed by atoms with E-state index >= 15 is 0 Å². The zero-order valence-corrected chi connectivity index (χ0v) is 18.3. The van der Waals surface area contributed by atoms with Crippen molar-refractivity contribution in [3.8, 4) is 28.5 Å². The molecule has 0 aliphatic carbocycles. The molecule has 3 aromatic heterocycles. The number of amides is 2. The Kier molecular flexibility index (Phi) is 5.77. The number of fused-ring (bicyclic) bond motifs is 1. The summed E-state index contributed by atoms with van der Waals surface area (Å²) < 4.78 is 5.14. The van der Waals surface area contributed by atoms with E-state index in [0.717, 1.165) is 0 Å². The highest BCUT2D eigenvalue weighted by molar-refractivity contribution is 6.01. The lowest BCUT2D eigenvalue weighted by Crippen LogP contribution is -2.19. The lowest BCUT2D eigenvalue weighted by molar-refractivity contribution is 0.262. The van der Waals surface area contributed by atoms with Gasteiger partial charge in [0.1, 0.15) is 17.1 Å². The van der Waals surface area contributed by atoms with Gasteiger partial charge < -0.3 is 15.4 Å². The van der Waals surface area contributed by atoms with Crippen molar-refractivity contribution in [3.05, 3.63) is 91.3 Å². The number of carbonyl (C=O) groups excluding carboxylic acids is 1. The predicted octanol–water partition coefficient (Wildman–Crippen LogP) is 5.41. The molecule has 2 amide bonds. The normalized spacial score (nSPS) is 10.6. The number of pyridine rings is 2. The molecule has 2 N–H and O–H groups in total. The van der Waals surface area contributed by atoms with Crippen molar-refractivity contribution in [2.45, 2.75) is 0 Å². The van der Waals surface area contributed by atoms with E-state index in [1.165, 1.54) is 0 Å². The summed E-state index contributed by atoms with van der Waals surface area (Å²) in [6.07, 6.45) is 3.43. The first-order valence-corrected chi connectivity index (χ1v) is 10.6. The smallest absolute Gasteiger partial charge is 0.323 e. The maximum atomic E-state index is 12.5. The number of carbonyl (C=O) groups is 1. The predicted molar refractivity (Wildman–Crippen MR) is 132 cm³/mol. The standard InChI is InChI=1S/C26H20N6O2/c1-34-19-11-8-17(9-12-19)29-26(33)30-18-10-13-20-23(16-18)32-25(22-7-3-5-15-28-22)24(31-20)21-6-2-4-14-27-21/h2-16H,1H3,(H2,29,30,33). The Hall–Kier alpha value is -4.85. The Labute approximate surface area is 195 Å². The summed E-state index contributed by atoms with van der Waals surface area (Å²) in [5.74, 6) is 0.716. The number of aromatic nitrogens is 4. The number of hydrogen-bond donors (Lipinski definition) is 2. The van der Waals surface area contributed by atoms with E-state index in [1.807, 2.05) is 42.5 Å². The van der Waals surface area contributed by atoms with E-state index in [9.17, 15) is 4.79 Å². The number of anilines is 2. The number of benzene rings is 2. The summed E-state index contributed by atoms with van der Waals surface area (Å²) in [6.45, 7) is 0. The van der Waals surface area contributed by atoms with Gasteiger partial charge in [0.15, 0.2) is 0 Å². The van der Waals surface area contributed by atoms with Crippen LogP contribution in [0.15, 0.2) is 91.3 Å². The van der Waals surface area contributed by atoms with Crippen LogP contribution in [-0.2, 0) is 0 Å². The highest BCUT2D eigenvalue weighted by Gasteiger charge is 2.15. The molecule has 34 heavy (non-hydrogen) atoms. The van der Waals surface area contributed by atoms with Gasteiger partial charge >= 0.3 is 6.03 Å². The third kappa shape index (κ3) is 4.51. The second-order valence-electron chi connectivity index (χ2n) is 7.36. The number of methoxy groups -OCH3 is 1. The van der Waals surface area contributed by atoms with Crippen molar-refractivity contribution in [2.75, 3.05) is 17.7 Å². The fourth-order valence-electron chi connectivity index (χ4n) is 3.46. The van der Waals surface area contributed by atoms with E-state index in [1.54, 1.807) is 55.9 Å². The third-order valence-corrected chi connectivity index (χ3v) is 5.09. The van der Waals surface area contributed by atoms with Crippen LogP contribution in [0, 0.1) is 0 Å². The number of urea groups is 1. The van der Waals surface area contributed by atoms with Crippen LogP contribution in [0.5, 0.6) is 5.75 Å². The van der Waals surface area contributed by atoms with Gasteiger partial charge in [-0.25, -0.2) is 14.8 Å². The van der Waals surface area contributed by atoms with E-state index in [-0.39, 0.29) is 6.03 Å². The van der Waals surface area contributed by atoms with Gasteiger partial charge in [0.25, 0.3) is 0 Å². The number of hydrogen-bond acceptors (Lipinski definition) is 6.